The van der Waals surface area contributed by atoms with Crippen LogP contribution in [-0.4, -0.2) is 33.2 Å². The first-order valence-corrected chi connectivity index (χ1v) is 9.91. The van der Waals surface area contributed by atoms with Crippen molar-refractivity contribution in [3.8, 4) is 0 Å². The summed E-state index contributed by atoms with van der Waals surface area (Å²) in [4.78, 5) is 16.0. The molecule has 2 aromatic heterocycles. The lowest BCUT2D eigenvalue weighted by Gasteiger charge is -2.31. The molecule has 0 unspecified atom stereocenters. The monoisotopic (exact) mass is 437 g/mol. The molecule has 30 heavy (non-hydrogen) atoms. The fourth-order valence-electron chi connectivity index (χ4n) is 3.78. The highest BCUT2D eigenvalue weighted by molar-refractivity contribution is 6.31. The maximum atomic E-state index is 13.3. The Morgan fingerprint density at radius 3 is 2.70 bits per heavy atom. The van der Waals surface area contributed by atoms with Gasteiger partial charge in [0.25, 0.3) is 5.91 Å². The van der Waals surface area contributed by atoms with Crippen LogP contribution in [0, 0.1) is 0 Å². The van der Waals surface area contributed by atoms with Crippen LogP contribution in [0.2, 0.25) is 5.02 Å². The van der Waals surface area contributed by atoms with Gasteiger partial charge in [-0.3, -0.25) is 9.89 Å². The van der Waals surface area contributed by atoms with Gasteiger partial charge in [-0.05, 0) is 56.0 Å². The molecule has 1 fully saturated rings. The Kier molecular flexibility index (Phi) is 5.55. The Morgan fingerprint density at radius 2 is 1.97 bits per heavy atom. The normalized spacial score (nSPS) is 19.6. The van der Waals surface area contributed by atoms with Crippen molar-refractivity contribution >= 4 is 34.1 Å². The molecule has 2 heterocycles. The molecule has 0 saturated heterocycles. The number of nitrogens with one attached hydrogen (secondary N) is 3. The number of hydrogen-bond donors (Lipinski definition) is 3. The zero-order valence-corrected chi connectivity index (χ0v) is 16.5. The number of alkyl halides is 3. The van der Waals surface area contributed by atoms with E-state index in [1.807, 2.05) is 0 Å². The van der Waals surface area contributed by atoms with Gasteiger partial charge in [-0.2, -0.15) is 18.3 Å². The molecule has 158 valence electrons. The molecule has 6 nitrogen and oxygen atoms in total. The van der Waals surface area contributed by atoms with Crippen molar-refractivity contribution in [2.75, 3.05) is 5.32 Å². The number of anilines is 1. The minimum Gasteiger partial charge on any atom is -0.382 e. The number of pyridine rings is 1. The van der Waals surface area contributed by atoms with Gasteiger partial charge in [0.2, 0.25) is 0 Å². The topological polar surface area (TPSA) is 82.7 Å². The summed E-state index contributed by atoms with van der Waals surface area (Å²) in [5.41, 5.74) is -0.0357. The Hall–Kier alpha value is -2.81. The van der Waals surface area contributed by atoms with Crippen LogP contribution in [0.1, 0.15) is 41.9 Å². The first kappa shape index (κ1) is 20.5. The predicted molar refractivity (Wildman–Crippen MR) is 107 cm³/mol. The lowest BCUT2D eigenvalue weighted by Crippen LogP contribution is -2.42. The summed E-state index contributed by atoms with van der Waals surface area (Å²) in [6, 6.07) is 7.01. The molecule has 3 aromatic rings. The van der Waals surface area contributed by atoms with E-state index in [2.05, 4.69) is 25.8 Å². The van der Waals surface area contributed by atoms with Crippen molar-refractivity contribution in [1.82, 2.24) is 20.5 Å². The maximum Gasteiger partial charge on any atom is 0.433 e. The van der Waals surface area contributed by atoms with Gasteiger partial charge in [0.15, 0.2) is 0 Å². The van der Waals surface area contributed by atoms with Crippen molar-refractivity contribution < 1.29 is 18.0 Å². The highest BCUT2D eigenvalue weighted by Gasteiger charge is 2.34. The number of rotatable bonds is 4. The van der Waals surface area contributed by atoms with Crippen LogP contribution < -0.4 is 10.6 Å². The third kappa shape index (κ3) is 4.51. The van der Waals surface area contributed by atoms with E-state index in [4.69, 9.17) is 11.6 Å². The van der Waals surface area contributed by atoms with E-state index in [1.165, 1.54) is 18.3 Å². The van der Waals surface area contributed by atoms with Gasteiger partial charge in [-0.15, -0.1) is 0 Å². The first-order valence-electron chi connectivity index (χ1n) is 9.54. The van der Waals surface area contributed by atoms with Crippen LogP contribution in [-0.2, 0) is 6.18 Å². The van der Waals surface area contributed by atoms with Gasteiger partial charge in [-0.1, -0.05) is 11.6 Å². The Morgan fingerprint density at radius 1 is 1.17 bits per heavy atom. The molecule has 1 aromatic carbocycles. The number of aromatic nitrogens is 3. The summed E-state index contributed by atoms with van der Waals surface area (Å²) in [6.07, 6.45) is -0.0560. The van der Waals surface area contributed by atoms with Gasteiger partial charge in [0.05, 0.1) is 5.52 Å². The van der Waals surface area contributed by atoms with E-state index in [9.17, 15) is 18.0 Å². The van der Waals surface area contributed by atoms with Crippen LogP contribution in [0.5, 0.6) is 0 Å². The molecule has 0 radical (unpaired) electrons. The summed E-state index contributed by atoms with van der Waals surface area (Å²) in [5.74, 6) is -0.251. The molecule has 0 spiro atoms. The van der Waals surface area contributed by atoms with Crippen LogP contribution in [0.3, 0.4) is 0 Å². The van der Waals surface area contributed by atoms with E-state index in [0.717, 1.165) is 25.3 Å². The number of H-pyrrole nitrogens is 1. The number of hydrogen-bond acceptors (Lipinski definition) is 4. The maximum absolute atomic E-state index is 13.3. The third-order valence-electron chi connectivity index (χ3n) is 5.18. The number of benzene rings is 1. The summed E-state index contributed by atoms with van der Waals surface area (Å²) >= 11 is 6.06. The molecule has 4 rings (SSSR count). The molecule has 0 aliphatic heterocycles. The lowest BCUT2D eigenvalue weighted by molar-refractivity contribution is -0.140. The van der Waals surface area contributed by atoms with E-state index in [1.54, 1.807) is 12.1 Å². The van der Waals surface area contributed by atoms with Crippen molar-refractivity contribution in [3.05, 3.63) is 52.9 Å². The molecule has 3 N–H and O–H groups in total. The smallest absolute Gasteiger partial charge is 0.382 e. The number of aromatic amines is 1. The van der Waals surface area contributed by atoms with E-state index < -0.39 is 11.9 Å². The fourth-order valence-corrected chi connectivity index (χ4v) is 3.95. The van der Waals surface area contributed by atoms with Crippen molar-refractivity contribution in [3.63, 3.8) is 0 Å². The highest BCUT2D eigenvalue weighted by atomic mass is 35.5. The minimum atomic E-state index is -4.56. The second kappa shape index (κ2) is 8.14. The Balaban J connectivity index is 1.55. The van der Waals surface area contributed by atoms with Crippen LogP contribution in [0.15, 0.2) is 36.5 Å². The molecule has 1 amide bonds. The molecular formula is C20H19ClF3N5O. The predicted octanol–water partition coefficient (Wildman–Crippen LogP) is 4.78. The fraction of sp³-hybridized carbons (Fsp3) is 0.350. The standard InChI is InChI=1S/C20H19ClF3N5O/c21-11-4-5-15-14(8-11)17(10-18(28-15)20(22,23)24)26-12-2-1-3-13(9-12)27-19(30)16-6-7-25-29-16/h4-8,10,12-13H,1-3,9H2,(H,25,29)(H,26,28)(H,27,30)/t12-,13+/m0/s1. The molecule has 1 aliphatic rings. The highest BCUT2D eigenvalue weighted by Crippen LogP contribution is 2.35. The van der Waals surface area contributed by atoms with Crippen molar-refractivity contribution in [1.29, 1.82) is 0 Å². The van der Waals surface area contributed by atoms with Gasteiger partial charge >= 0.3 is 6.18 Å². The van der Waals surface area contributed by atoms with Gasteiger partial charge in [0.1, 0.15) is 11.4 Å². The summed E-state index contributed by atoms with van der Waals surface area (Å²) in [5, 5.41) is 13.5. The molecule has 0 bridgehead atoms. The van der Waals surface area contributed by atoms with Crippen molar-refractivity contribution in [2.24, 2.45) is 0 Å². The second-order valence-corrected chi connectivity index (χ2v) is 7.80. The number of amides is 1. The molecular weight excluding hydrogens is 419 g/mol. The van der Waals surface area contributed by atoms with E-state index in [-0.39, 0.29) is 23.5 Å². The average Bonchev–Trinajstić information content (AvgIpc) is 3.23. The molecule has 1 aliphatic carbocycles. The number of halogens is 4. The van der Waals surface area contributed by atoms with Gasteiger partial charge in [-0.25, -0.2) is 4.98 Å². The molecule has 10 heteroatoms. The Bertz CT molecular complexity index is 1050. The number of fused-ring (bicyclic) bond motifs is 1. The van der Waals surface area contributed by atoms with E-state index >= 15 is 0 Å². The third-order valence-corrected chi connectivity index (χ3v) is 5.41. The molecule has 2 atom stereocenters. The van der Waals surface area contributed by atoms with Crippen molar-refractivity contribution in [2.45, 2.75) is 43.9 Å². The first-order chi connectivity index (χ1) is 14.3. The SMILES string of the molecule is O=C(N[C@@H]1CCC[C@H](Nc2cc(C(F)(F)F)nc3ccc(Cl)cc23)C1)c1ccn[nH]1. The summed E-state index contributed by atoms with van der Waals surface area (Å²) in [6.45, 7) is 0. The number of nitrogens with zero attached hydrogens (tertiary/aromatic N) is 2. The van der Waals surface area contributed by atoms with Gasteiger partial charge in [0, 0.05) is 34.4 Å². The Labute approximate surface area is 175 Å². The zero-order chi connectivity index (χ0) is 21.3. The van der Waals surface area contributed by atoms with E-state index in [0.29, 0.717) is 28.2 Å². The quantitative estimate of drug-likeness (QED) is 0.548. The minimum absolute atomic E-state index is 0.0918. The number of carbonyl (C=O) groups excluding carboxylic acids is 1. The van der Waals surface area contributed by atoms with Crippen LogP contribution in [0.25, 0.3) is 10.9 Å². The summed E-state index contributed by atoms with van der Waals surface area (Å²) < 4.78 is 40.0. The average molecular weight is 438 g/mol. The lowest BCUT2D eigenvalue weighted by atomic mass is 9.90. The number of carbonyl (C=O) groups is 1. The second-order valence-electron chi connectivity index (χ2n) is 7.36. The largest absolute Gasteiger partial charge is 0.433 e. The van der Waals surface area contributed by atoms with Crippen LogP contribution in [0.4, 0.5) is 18.9 Å². The zero-order valence-electron chi connectivity index (χ0n) is 15.8. The van der Waals surface area contributed by atoms with Crippen LogP contribution >= 0.6 is 11.6 Å². The summed E-state index contributed by atoms with van der Waals surface area (Å²) in [7, 11) is 0. The van der Waals surface area contributed by atoms with Gasteiger partial charge < -0.3 is 10.6 Å². The molecule has 1 saturated carbocycles.